The summed E-state index contributed by atoms with van der Waals surface area (Å²) >= 11 is 6.20. The van der Waals surface area contributed by atoms with Crippen LogP contribution in [0.2, 0.25) is 5.02 Å². The van der Waals surface area contributed by atoms with E-state index in [0.717, 1.165) is 48.5 Å². The zero-order valence-corrected chi connectivity index (χ0v) is 14.5. The molecule has 2 heterocycles. The number of hydrogen-bond acceptors (Lipinski definition) is 3. The molecule has 4 rings (SSSR count). The zero-order chi connectivity index (χ0) is 17.2. The van der Waals surface area contributed by atoms with Gasteiger partial charge >= 0.3 is 0 Å². The van der Waals surface area contributed by atoms with Gasteiger partial charge in [-0.1, -0.05) is 41.9 Å². The number of nitrogens with one attached hydrogen (secondary N) is 1. The summed E-state index contributed by atoms with van der Waals surface area (Å²) in [4.78, 5) is 19.6. The fourth-order valence-electron chi connectivity index (χ4n) is 3.19. The van der Waals surface area contributed by atoms with Crippen LogP contribution in [0.25, 0.3) is 0 Å². The molecule has 1 fully saturated rings. The Hall–Kier alpha value is -2.59. The van der Waals surface area contributed by atoms with Gasteiger partial charge in [-0.2, -0.15) is 0 Å². The molecule has 0 aliphatic carbocycles. The lowest BCUT2D eigenvalue weighted by molar-refractivity contribution is -0.112. The first-order valence-electron chi connectivity index (χ1n) is 8.42. The number of fused-ring (bicyclic) bond motifs is 1. The second-order valence-electron chi connectivity index (χ2n) is 6.23. The van der Waals surface area contributed by atoms with Gasteiger partial charge in [0.2, 0.25) is 0 Å². The maximum atomic E-state index is 12.7. The Morgan fingerprint density at radius 2 is 1.84 bits per heavy atom. The van der Waals surface area contributed by atoms with Crippen LogP contribution in [0.15, 0.2) is 65.4 Å². The summed E-state index contributed by atoms with van der Waals surface area (Å²) in [6, 6.07) is 15.3. The van der Waals surface area contributed by atoms with E-state index < -0.39 is 0 Å². The zero-order valence-electron chi connectivity index (χ0n) is 13.7. The standard InChI is InChI=1S/C20H18ClN3O/c21-15-8-9-17-16(12-15)19(14-6-2-1-3-7-14)22-18(20(25)23-17)13-24-10-4-5-11-24/h1-3,6-9,12-13H,4-5,10-11H2,(H,23,25). The van der Waals surface area contributed by atoms with Crippen molar-refractivity contribution in [3.8, 4) is 0 Å². The summed E-state index contributed by atoms with van der Waals surface area (Å²) in [5.41, 5.74) is 3.68. The summed E-state index contributed by atoms with van der Waals surface area (Å²) < 4.78 is 0. The summed E-state index contributed by atoms with van der Waals surface area (Å²) in [6.07, 6.45) is 4.17. The molecule has 25 heavy (non-hydrogen) atoms. The minimum atomic E-state index is -0.193. The average Bonchev–Trinajstić information content (AvgIpc) is 3.09. The first-order chi connectivity index (χ1) is 12.2. The molecule has 5 heteroatoms. The van der Waals surface area contributed by atoms with Crippen molar-refractivity contribution in [1.82, 2.24) is 4.90 Å². The van der Waals surface area contributed by atoms with Crippen molar-refractivity contribution >= 4 is 28.9 Å². The van der Waals surface area contributed by atoms with Gasteiger partial charge in [0, 0.05) is 35.4 Å². The minimum absolute atomic E-state index is 0.193. The van der Waals surface area contributed by atoms with Crippen molar-refractivity contribution in [2.45, 2.75) is 12.8 Å². The van der Waals surface area contributed by atoms with E-state index in [-0.39, 0.29) is 5.91 Å². The Morgan fingerprint density at radius 3 is 2.60 bits per heavy atom. The van der Waals surface area contributed by atoms with Crippen LogP contribution in [0.1, 0.15) is 24.0 Å². The highest BCUT2D eigenvalue weighted by Gasteiger charge is 2.23. The van der Waals surface area contributed by atoms with E-state index in [1.165, 1.54) is 0 Å². The SMILES string of the molecule is O=C1Nc2ccc(Cl)cc2C(c2ccccc2)=NC1=CN1CCCC1. The van der Waals surface area contributed by atoms with Crippen molar-refractivity contribution in [1.29, 1.82) is 0 Å². The lowest BCUT2D eigenvalue weighted by Gasteiger charge is -2.12. The quantitative estimate of drug-likeness (QED) is 0.829. The fourth-order valence-corrected chi connectivity index (χ4v) is 3.36. The third-order valence-corrected chi connectivity index (χ3v) is 4.68. The Bertz CT molecular complexity index is 868. The van der Waals surface area contributed by atoms with Gasteiger partial charge in [-0.05, 0) is 31.0 Å². The topological polar surface area (TPSA) is 44.7 Å². The van der Waals surface area contributed by atoms with Crippen molar-refractivity contribution in [3.05, 3.63) is 76.6 Å². The van der Waals surface area contributed by atoms with E-state index in [1.807, 2.05) is 48.7 Å². The third-order valence-electron chi connectivity index (χ3n) is 4.44. The molecule has 0 bridgehead atoms. The van der Waals surface area contributed by atoms with E-state index >= 15 is 0 Å². The number of anilines is 1. The molecule has 0 spiro atoms. The molecule has 2 aromatic carbocycles. The number of hydrogen-bond donors (Lipinski definition) is 1. The van der Waals surface area contributed by atoms with Crippen molar-refractivity contribution in [2.75, 3.05) is 18.4 Å². The van der Waals surface area contributed by atoms with Crippen molar-refractivity contribution < 1.29 is 4.79 Å². The number of benzodiazepines with no additional fused rings is 1. The van der Waals surface area contributed by atoms with Gasteiger partial charge in [0.25, 0.3) is 5.91 Å². The third kappa shape index (κ3) is 3.30. The van der Waals surface area contributed by atoms with E-state index in [4.69, 9.17) is 16.6 Å². The first kappa shape index (κ1) is 15.9. The molecule has 126 valence electrons. The number of carbonyl (C=O) groups is 1. The first-order valence-corrected chi connectivity index (χ1v) is 8.80. The largest absolute Gasteiger partial charge is 0.375 e. The molecule has 2 aliphatic heterocycles. The lowest BCUT2D eigenvalue weighted by Crippen LogP contribution is -2.17. The van der Waals surface area contributed by atoms with Crippen molar-refractivity contribution in [2.24, 2.45) is 4.99 Å². The van der Waals surface area contributed by atoms with Crippen LogP contribution >= 0.6 is 11.6 Å². The van der Waals surface area contributed by atoms with Gasteiger partial charge in [-0.3, -0.25) is 4.79 Å². The molecule has 0 saturated carbocycles. The van der Waals surface area contributed by atoms with Crippen molar-refractivity contribution in [3.63, 3.8) is 0 Å². The Labute approximate surface area is 151 Å². The number of rotatable bonds is 2. The highest BCUT2D eigenvalue weighted by molar-refractivity contribution is 6.32. The number of aliphatic imine (C=N–C) groups is 1. The Balaban J connectivity index is 1.87. The smallest absolute Gasteiger partial charge is 0.275 e. The van der Waals surface area contributed by atoms with E-state index in [2.05, 4.69) is 10.2 Å². The highest BCUT2D eigenvalue weighted by atomic mass is 35.5. The fraction of sp³-hybridized carbons (Fsp3) is 0.200. The van der Waals surface area contributed by atoms with Gasteiger partial charge in [0.05, 0.1) is 11.4 Å². The summed E-state index contributed by atoms with van der Waals surface area (Å²) in [5.74, 6) is -0.193. The second kappa shape index (κ2) is 6.73. The minimum Gasteiger partial charge on any atom is -0.375 e. The molecule has 2 aromatic rings. The monoisotopic (exact) mass is 351 g/mol. The number of halogens is 1. The molecule has 1 amide bonds. The van der Waals surface area contributed by atoms with Crippen LogP contribution in [0.4, 0.5) is 5.69 Å². The summed E-state index contributed by atoms with van der Waals surface area (Å²) in [6.45, 7) is 1.93. The Kier molecular flexibility index (Phi) is 4.28. The number of carbonyl (C=O) groups excluding carboxylic acids is 1. The van der Waals surface area contributed by atoms with Crippen LogP contribution in [0.5, 0.6) is 0 Å². The maximum absolute atomic E-state index is 12.7. The molecule has 0 aromatic heterocycles. The average molecular weight is 352 g/mol. The van der Waals surface area contributed by atoms with Crippen LogP contribution < -0.4 is 5.32 Å². The number of likely N-dealkylation sites (tertiary alicyclic amines) is 1. The number of amides is 1. The number of nitrogens with zero attached hydrogens (tertiary/aromatic N) is 2. The predicted molar refractivity (Wildman–Crippen MR) is 101 cm³/mol. The van der Waals surface area contributed by atoms with Crippen LogP contribution in [0.3, 0.4) is 0 Å². The molecular weight excluding hydrogens is 334 g/mol. The van der Waals surface area contributed by atoms with Crippen LogP contribution in [-0.2, 0) is 4.79 Å². The number of benzene rings is 2. The second-order valence-corrected chi connectivity index (χ2v) is 6.66. The molecular formula is C20H18ClN3O. The predicted octanol–water partition coefficient (Wildman–Crippen LogP) is 4.07. The van der Waals surface area contributed by atoms with E-state index in [1.54, 1.807) is 6.07 Å². The molecule has 1 saturated heterocycles. The molecule has 0 atom stereocenters. The van der Waals surface area contributed by atoms with Gasteiger partial charge in [-0.25, -0.2) is 4.99 Å². The highest BCUT2D eigenvalue weighted by Crippen LogP contribution is 2.28. The van der Waals surface area contributed by atoms with E-state index in [0.29, 0.717) is 10.7 Å². The summed E-state index contributed by atoms with van der Waals surface area (Å²) in [7, 11) is 0. The van der Waals surface area contributed by atoms with Gasteiger partial charge in [0.1, 0.15) is 5.70 Å². The molecule has 0 radical (unpaired) electrons. The molecule has 2 aliphatic rings. The van der Waals surface area contributed by atoms with Crippen LogP contribution in [-0.4, -0.2) is 29.6 Å². The summed E-state index contributed by atoms with van der Waals surface area (Å²) in [5, 5.41) is 3.58. The molecule has 1 N–H and O–H groups in total. The van der Waals surface area contributed by atoms with Crippen LogP contribution in [0, 0.1) is 0 Å². The van der Waals surface area contributed by atoms with Gasteiger partial charge in [0.15, 0.2) is 0 Å². The lowest BCUT2D eigenvalue weighted by atomic mass is 10.0. The van der Waals surface area contributed by atoms with E-state index in [9.17, 15) is 4.79 Å². The van der Waals surface area contributed by atoms with Gasteiger partial charge in [-0.15, -0.1) is 0 Å². The Morgan fingerprint density at radius 1 is 1.08 bits per heavy atom. The van der Waals surface area contributed by atoms with Gasteiger partial charge < -0.3 is 10.2 Å². The molecule has 4 nitrogen and oxygen atoms in total. The molecule has 0 unspecified atom stereocenters. The maximum Gasteiger partial charge on any atom is 0.275 e. The normalized spacial score (nSPS) is 18.6.